The van der Waals surface area contributed by atoms with Crippen LogP contribution in [0.5, 0.6) is 0 Å². The summed E-state index contributed by atoms with van der Waals surface area (Å²) in [7, 11) is 0. The lowest BCUT2D eigenvalue weighted by Crippen LogP contribution is -2.57. The zero-order chi connectivity index (χ0) is 23.3. The molecule has 3 heterocycles. The van der Waals surface area contributed by atoms with Crippen molar-refractivity contribution < 1.29 is 13.2 Å². The summed E-state index contributed by atoms with van der Waals surface area (Å²) < 4.78 is 39.4. The Labute approximate surface area is 183 Å². The molecule has 0 saturated carbocycles. The highest BCUT2D eigenvalue weighted by Gasteiger charge is 2.42. The molecule has 0 spiro atoms. The van der Waals surface area contributed by atoms with Gasteiger partial charge in [0.25, 0.3) is 0 Å². The van der Waals surface area contributed by atoms with E-state index in [0.717, 1.165) is 0 Å². The van der Waals surface area contributed by atoms with Crippen molar-refractivity contribution in [2.75, 3.05) is 36.8 Å². The average molecular weight is 446 g/mol. The Morgan fingerprint density at radius 1 is 1.38 bits per heavy atom. The minimum atomic E-state index is -4.35. The van der Waals surface area contributed by atoms with E-state index in [2.05, 4.69) is 20.3 Å². The van der Waals surface area contributed by atoms with Gasteiger partial charge in [-0.15, -0.1) is 0 Å². The van der Waals surface area contributed by atoms with Crippen LogP contribution in [0.3, 0.4) is 0 Å². The van der Waals surface area contributed by atoms with E-state index in [1.807, 2.05) is 6.92 Å². The van der Waals surface area contributed by atoms with Gasteiger partial charge < -0.3 is 21.7 Å². The number of aliphatic imine (C=N–C) groups is 1. The molecule has 2 aromatic rings. The molecule has 1 unspecified atom stereocenters. The Hall–Kier alpha value is -3.47. The Kier molecular flexibility index (Phi) is 7.08. The summed E-state index contributed by atoms with van der Waals surface area (Å²) in [6.07, 6.45) is 0.0361. The Balaban J connectivity index is 1.89. The van der Waals surface area contributed by atoms with Crippen molar-refractivity contribution in [3.63, 3.8) is 0 Å². The molecule has 3 rings (SSSR count). The maximum absolute atomic E-state index is 13.1. The Morgan fingerprint density at radius 3 is 2.84 bits per heavy atom. The molecule has 11 heteroatoms. The fourth-order valence-electron chi connectivity index (χ4n) is 3.28. The molecule has 8 nitrogen and oxygen atoms in total. The maximum atomic E-state index is 13.1. The number of pyridine rings is 2. The summed E-state index contributed by atoms with van der Waals surface area (Å²) in [5.74, 6) is 0.369. The van der Waals surface area contributed by atoms with Gasteiger partial charge in [0, 0.05) is 49.7 Å². The quantitative estimate of drug-likeness (QED) is 0.504. The van der Waals surface area contributed by atoms with Crippen molar-refractivity contribution in [1.82, 2.24) is 15.3 Å². The topological polar surface area (TPSA) is 129 Å². The third-order valence-corrected chi connectivity index (χ3v) is 4.98. The van der Waals surface area contributed by atoms with Crippen LogP contribution in [0.1, 0.15) is 23.9 Å². The van der Waals surface area contributed by atoms with E-state index < -0.39 is 12.2 Å². The summed E-state index contributed by atoms with van der Waals surface area (Å²) in [5, 5.41) is 11.1. The second-order valence-electron chi connectivity index (χ2n) is 7.16. The second kappa shape index (κ2) is 9.77. The molecule has 0 radical (unpaired) electrons. The molecule has 1 saturated heterocycles. The molecule has 1 fully saturated rings. The first-order valence-corrected chi connectivity index (χ1v) is 10.0. The molecule has 0 bridgehead atoms. The minimum Gasteiger partial charge on any atom is -0.404 e. The van der Waals surface area contributed by atoms with Crippen LogP contribution in [-0.2, 0) is 0 Å². The van der Waals surface area contributed by atoms with Gasteiger partial charge in [-0.05, 0) is 25.1 Å². The number of hydrogen-bond acceptors (Lipinski definition) is 8. The molecule has 1 aliphatic rings. The van der Waals surface area contributed by atoms with E-state index in [0.29, 0.717) is 35.7 Å². The number of piperazine rings is 1. The van der Waals surface area contributed by atoms with Crippen molar-refractivity contribution in [3.8, 4) is 0 Å². The Morgan fingerprint density at radius 2 is 2.16 bits per heavy atom. The first-order valence-electron chi connectivity index (χ1n) is 10.0. The van der Waals surface area contributed by atoms with E-state index in [-0.39, 0.29) is 30.2 Å². The van der Waals surface area contributed by atoms with Crippen LogP contribution >= 0.6 is 0 Å². The van der Waals surface area contributed by atoms with Crippen molar-refractivity contribution in [1.29, 1.82) is 5.41 Å². The van der Waals surface area contributed by atoms with E-state index >= 15 is 0 Å². The van der Waals surface area contributed by atoms with Crippen molar-refractivity contribution in [3.05, 3.63) is 53.6 Å². The highest BCUT2D eigenvalue weighted by molar-refractivity contribution is 6.14. The first-order chi connectivity index (χ1) is 15.2. The van der Waals surface area contributed by atoms with Gasteiger partial charge in [-0.2, -0.15) is 13.2 Å². The molecule has 0 aromatic carbocycles. The van der Waals surface area contributed by atoms with Crippen LogP contribution in [0.2, 0.25) is 0 Å². The molecule has 32 heavy (non-hydrogen) atoms. The molecular formula is C21H25F3N8. The molecular weight excluding hydrogens is 421 g/mol. The van der Waals surface area contributed by atoms with Gasteiger partial charge in [0.05, 0.1) is 29.0 Å². The average Bonchev–Trinajstić information content (AvgIpc) is 2.79. The Bertz CT molecular complexity index is 1030. The molecule has 1 aliphatic heterocycles. The molecule has 2 aromatic heterocycles. The molecule has 6 N–H and O–H groups in total. The van der Waals surface area contributed by atoms with Gasteiger partial charge in [-0.1, -0.05) is 6.07 Å². The monoisotopic (exact) mass is 446 g/mol. The van der Waals surface area contributed by atoms with Crippen LogP contribution in [-0.4, -0.2) is 60.3 Å². The number of aromatic nitrogens is 2. The number of nitrogen functional groups attached to an aromatic ring is 1. The summed E-state index contributed by atoms with van der Waals surface area (Å²) in [6.45, 7) is 2.76. The van der Waals surface area contributed by atoms with E-state index in [9.17, 15) is 13.2 Å². The van der Waals surface area contributed by atoms with Gasteiger partial charge in [-0.3, -0.25) is 15.4 Å². The lowest BCUT2D eigenvalue weighted by Gasteiger charge is -2.35. The van der Waals surface area contributed by atoms with Crippen molar-refractivity contribution in [2.45, 2.75) is 19.1 Å². The van der Waals surface area contributed by atoms with Crippen LogP contribution in [0.4, 0.5) is 24.7 Å². The number of nitrogens with two attached hydrogens (primary N) is 2. The van der Waals surface area contributed by atoms with E-state index in [1.165, 1.54) is 12.4 Å². The smallest absolute Gasteiger partial charge is 0.404 e. The normalized spacial score (nSPS) is 17.7. The molecule has 1 atom stereocenters. The lowest BCUT2D eigenvalue weighted by molar-refractivity contribution is -0.155. The fourth-order valence-corrected chi connectivity index (χ4v) is 3.28. The van der Waals surface area contributed by atoms with Crippen LogP contribution < -0.4 is 21.7 Å². The molecule has 170 valence electrons. The van der Waals surface area contributed by atoms with Gasteiger partial charge in [0.1, 0.15) is 11.9 Å². The zero-order valence-corrected chi connectivity index (χ0v) is 17.5. The van der Waals surface area contributed by atoms with E-state index in [4.69, 9.17) is 16.9 Å². The standard InChI is InChI=1S/C21H25F3N8/c1-2-28-10-13(9-25)17-8-14(15(26)11-30-17)20(27)16-4-3-5-19(31-16)32-7-6-29-18(12-32)21(22,23)24/h3-5,8-11,18,27,29H,2,6-7,12,25-26H2,1H3. The number of nitrogens with one attached hydrogen (secondary N) is 2. The highest BCUT2D eigenvalue weighted by atomic mass is 19.4. The van der Waals surface area contributed by atoms with Crippen molar-refractivity contribution >= 4 is 29.0 Å². The first kappa shape index (κ1) is 23.2. The van der Waals surface area contributed by atoms with Crippen LogP contribution in [0.25, 0.3) is 5.57 Å². The number of rotatable bonds is 6. The highest BCUT2D eigenvalue weighted by Crippen LogP contribution is 2.25. The van der Waals surface area contributed by atoms with E-state index in [1.54, 1.807) is 35.4 Å². The van der Waals surface area contributed by atoms with Crippen molar-refractivity contribution in [2.24, 2.45) is 10.7 Å². The third kappa shape index (κ3) is 5.22. The summed E-state index contributed by atoms with van der Waals surface area (Å²) in [5.41, 5.74) is 13.8. The maximum Gasteiger partial charge on any atom is 0.405 e. The zero-order valence-electron chi connectivity index (χ0n) is 17.5. The van der Waals surface area contributed by atoms with Crippen LogP contribution in [0.15, 0.2) is 41.7 Å². The lowest BCUT2D eigenvalue weighted by atomic mass is 10.0. The van der Waals surface area contributed by atoms with Crippen LogP contribution in [0, 0.1) is 5.41 Å². The third-order valence-electron chi connectivity index (χ3n) is 4.98. The SMILES string of the molecule is CCN=CC(=CN)c1cc(C(=N)c2cccc(N3CCNC(C(F)(F)F)C3)n2)c(N)cn1. The number of anilines is 2. The number of allylic oxidation sites excluding steroid dienone is 1. The molecule has 0 aliphatic carbocycles. The number of halogens is 3. The van der Waals surface area contributed by atoms with Gasteiger partial charge in [-0.25, -0.2) is 4.98 Å². The molecule has 0 amide bonds. The minimum absolute atomic E-state index is 0.0271. The summed E-state index contributed by atoms with van der Waals surface area (Å²) >= 11 is 0. The number of nitrogens with zero attached hydrogens (tertiary/aromatic N) is 4. The predicted octanol–water partition coefficient (Wildman–Crippen LogP) is 2.21. The van der Waals surface area contributed by atoms with Gasteiger partial charge >= 0.3 is 6.18 Å². The summed E-state index contributed by atoms with van der Waals surface area (Å²) in [6, 6.07) is 4.90. The predicted molar refractivity (Wildman–Crippen MR) is 120 cm³/mol. The fraction of sp³-hybridized carbons (Fsp3) is 0.333. The van der Waals surface area contributed by atoms with Gasteiger partial charge in [0.2, 0.25) is 0 Å². The largest absolute Gasteiger partial charge is 0.405 e. The summed E-state index contributed by atoms with van der Waals surface area (Å²) in [4.78, 5) is 14.4. The number of alkyl halides is 3. The van der Waals surface area contributed by atoms with Gasteiger partial charge in [0.15, 0.2) is 0 Å². The second-order valence-corrected chi connectivity index (χ2v) is 7.16. The number of hydrogen-bond donors (Lipinski definition) is 4.